The van der Waals surface area contributed by atoms with Crippen LogP contribution in [0.3, 0.4) is 0 Å². The van der Waals surface area contributed by atoms with Gasteiger partial charge in [-0.05, 0) is 55.3 Å². The van der Waals surface area contributed by atoms with Crippen molar-refractivity contribution in [2.45, 2.75) is 25.4 Å². The van der Waals surface area contributed by atoms with Crippen molar-refractivity contribution in [2.75, 3.05) is 0 Å². The summed E-state index contributed by atoms with van der Waals surface area (Å²) in [5.41, 5.74) is 4.06. The zero-order valence-corrected chi connectivity index (χ0v) is 15.8. The average molecular weight is 385 g/mol. The summed E-state index contributed by atoms with van der Waals surface area (Å²) in [5.74, 6) is -0.328. The van der Waals surface area contributed by atoms with Crippen molar-refractivity contribution in [2.24, 2.45) is 0 Å². The number of rotatable bonds is 5. The summed E-state index contributed by atoms with van der Waals surface area (Å²) >= 11 is 0. The molecule has 0 saturated heterocycles. The monoisotopic (exact) mass is 385 g/mol. The predicted octanol–water partition coefficient (Wildman–Crippen LogP) is 4.97. The lowest BCUT2D eigenvalue weighted by atomic mass is 10.1. The minimum atomic E-state index is -0.270. The second-order valence-electron chi connectivity index (χ2n) is 7.41. The Morgan fingerprint density at radius 2 is 1.72 bits per heavy atom. The molecule has 0 atom stereocenters. The van der Waals surface area contributed by atoms with Crippen molar-refractivity contribution >= 4 is 16.9 Å². The Labute approximate surface area is 168 Å². The fourth-order valence-corrected chi connectivity index (χ4v) is 3.66. The van der Waals surface area contributed by atoms with Gasteiger partial charge in [0.2, 0.25) is 0 Å². The SMILES string of the molecule is O=C(c1ccc(-n2cnc3ccccc32)cc1)N(Cc1ccccc1F)C1CC1. The first-order chi connectivity index (χ1) is 14.2. The van der Waals surface area contributed by atoms with Gasteiger partial charge in [-0.25, -0.2) is 9.37 Å². The Morgan fingerprint density at radius 1 is 1.00 bits per heavy atom. The molecule has 1 aliphatic rings. The fourth-order valence-electron chi connectivity index (χ4n) is 3.66. The van der Waals surface area contributed by atoms with Crippen LogP contribution in [0.1, 0.15) is 28.8 Å². The Balaban J connectivity index is 1.41. The maximum absolute atomic E-state index is 14.1. The zero-order valence-electron chi connectivity index (χ0n) is 15.8. The standard InChI is InChI=1S/C24H20FN3O/c25-21-6-2-1-5-18(21)15-27(19-13-14-19)24(29)17-9-11-20(12-10-17)28-16-26-22-7-3-4-8-23(22)28/h1-12,16,19H,13-15H2. The summed E-state index contributed by atoms with van der Waals surface area (Å²) in [7, 11) is 0. The molecule has 0 unspecified atom stereocenters. The Kier molecular flexibility index (Phi) is 4.35. The number of amides is 1. The van der Waals surface area contributed by atoms with Gasteiger partial charge in [0.25, 0.3) is 5.91 Å². The van der Waals surface area contributed by atoms with Gasteiger partial charge in [-0.3, -0.25) is 9.36 Å². The smallest absolute Gasteiger partial charge is 0.254 e. The molecule has 3 aromatic carbocycles. The molecular formula is C24H20FN3O. The fraction of sp³-hybridized carbons (Fsp3) is 0.167. The molecule has 5 heteroatoms. The molecule has 1 aromatic heterocycles. The van der Waals surface area contributed by atoms with E-state index in [0.29, 0.717) is 17.7 Å². The number of halogens is 1. The molecule has 0 bridgehead atoms. The highest BCUT2D eigenvalue weighted by molar-refractivity contribution is 5.95. The summed E-state index contributed by atoms with van der Waals surface area (Å²) in [6.07, 6.45) is 3.73. The molecule has 0 aliphatic heterocycles. The van der Waals surface area contributed by atoms with Gasteiger partial charge in [-0.2, -0.15) is 0 Å². The topological polar surface area (TPSA) is 38.1 Å². The van der Waals surface area contributed by atoms with Crippen molar-refractivity contribution in [3.63, 3.8) is 0 Å². The highest BCUT2D eigenvalue weighted by atomic mass is 19.1. The van der Waals surface area contributed by atoms with Gasteiger partial charge in [0.1, 0.15) is 12.1 Å². The number of carbonyl (C=O) groups excluding carboxylic acids is 1. The van der Waals surface area contributed by atoms with E-state index in [2.05, 4.69) is 4.98 Å². The van der Waals surface area contributed by atoms with E-state index in [0.717, 1.165) is 29.6 Å². The summed E-state index contributed by atoms with van der Waals surface area (Å²) in [5, 5.41) is 0. The van der Waals surface area contributed by atoms with E-state index in [1.165, 1.54) is 6.07 Å². The third-order valence-electron chi connectivity index (χ3n) is 5.39. The van der Waals surface area contributed by atoms with E-state index in [4.69, 9.17) is 0 Å². The lowest BCUT2D eigenvalue weighted by molar-refractivity contribution is 0.0728. The minimum absolute atomic E-state index is 0.0576. The highest BCUT2D eigenvalue weighted by Crippen LogP contribution is 2.30. The highest BCUT2D eigenvalue weighted by Gasteiger charge is 2.33. The van der Waals surface area contributed by atoms with Crippen LogP contribution >= 0.6 is 0 Å². The molecule has 1 heterocycles. The molecule has 1 saturated carbocycles. The molecule has 29 heavy (non-hydrogen) atoms. The van der Waals surface area contributed by atoms with Crippen LogP contribution < -0.4 is 0 Å². The first-order valence-corrected chi connectivity index (χ1v) is 9.77. The number of fused-ring (bicyclic) bond motifs is 1. The van der Waals surface area contributed by atoms with Gasteiger partial charge in [0, 0.05) is 29.4 Å². The molecular weight excluding hydrogens is 365 g/mol. The number of hydrogen-bond donors (Lipinski definition) is 0. The van der Waals surface area contributed by atoms with Crippen LogP contribution in [-0.2, 0) is 6.54 Å². The number of para-hydroxylation sites is 2. The van der Waals surface area contributed by atoms with Gasteiger partial charge in [-0.1, -0.05) is 30.3 Å². The average Bonchev–Trinajstić information content (AvgIpc) is 3.51. The molecule has 1 fully saturated rings. The van der Waals surface area contributed by atoms with E-state index in [-0.39, 0.29) is 17.8 Å². The maximum Gasteiger partial charge on any atom is 0.254 e. The Bertz CT molecular complexity index is 1180. The van der Waals surface area contributed by atoms with Gasteiger partial charge in [0.05, 0.1) is 11.0 Å². The summed E-state index contributed by atoms with van der Waals surface area (Å²) in [6, 6.07) is 22.3. The quantitative estimate of drug-likeness (QED) is 0.486. The molecule has 4 aromatic rings. The van der Waals surface area contributed by atoms with Crippen LogP contribution in [0.15, 0.2) is 79.1 Å². The third kappa shape index (κ3) is 3.40. The molecule has 4 nitrogen and oxygen atoms in total. The van der Waals surface area contributed by atoms with E-state index in [1.807, 2.05) is 53.1 Å². The normalized spacial score (nSPS) is 13.6. The van der Waals surface area contributed by atoms with E-state index >= 15 is 0 Å². The minimum Gasteiger partial charge on any atom is -0.331 e. The van der Waals surface area contributed by atoms with Crippen molar-refractivity contribution in [1.29, 1.82) is 0 Å². The first-order valence-electron chi connectivity index (χ1n) is 9.77. The van der Waals surface area contributed by atoms with Gasteiger partial charge in [0.15, 0.2) is 0 Å². The molecule has 0 spiro atoms. The largest absolute Gasteiger partial charge is 0.331 e. The lowest BCUT2D eigenvalue weighted by Crippen LogP contribution is -2.32. The number of imidazole rings is 1. The third-order valence-corrected chi connectivity index (χ3v) is 5.39. The van der Waals surface area contributed by atoms with Crippen LogP contribution in [0.5, 0.6) is 0 Å². The van der Waals surface area contributed by atoms with E-state index in [9.17, 15) is 9.18 Å². The number of benzene rings is 3. The van der Waals surface area contributed by atoms with Crippen LogP contribution in [0.25, 0.3) is 16.7 Å². The zero-order chi connectivity index (χ0) is 19.8. The van der Waals surface area contributed by atoms with Crippen molar-refractivity contribution in [1.82, 2.24) is 14.5 Å². The Morgan fingerprint density at radius 3 is 2.48 bits per heavy atom. The molecule has 144 valence electrons. The van der Waals surface area contributed by atoms with Crippen molar-refractivity contribution < 1.29 is 9.18 Å². The van der Waals surface area contributed by atoms with Crippen molar-refractivity contribution in [3.05, 3.63) is 96.1 Å². The summed E-state index contributed by atoms with van der Waals surface area (Å²) in [6.45, 7) is 0.296. The second-order valence-corrected chi connectivity index (χ2v) is 7.41. The summed E-state index contributed by atoms with van der Waals surface area (Å²) < 4.78 is 16.1. The molecule has 1 amide bonds. The maximum atomic E-state index is 14.1. The molecule has 1 aliphatic carbocycles. The van der Waals surface area contributed by atoms with Gasteiger partial charge >= 0.3 is 0 Å². The number of nitrogens with zero attached hydrogens (tertiary/aromatic N) is 3. The second kappa shape index (κ2) is 7.17. The van der Waals surface area contributed by atoms with Crippen LogP contribution in [0.4, 0.5) is 4.39 Å². The van der Waals surface area contributed by atoms with E-state index in [1.54, 1.807) is 29.4 Å². The first kappa shape index (κ1) is 17.6. The van der Waals surface area contributed by atoms with Crippen LogP contribution in [0.2, 0.25) is 0 Å². The van der Waals surface area contributed by atoms with Crippen LogP contribution in [0, 0.1) is 5.82 Å². The van der Waals surface area contributed by atoms with Gasteiger partial charge < -0.3 is 4.90 Å². The molecule has 5 rings (SSSR count). The van der Waals surface area contributed by atoms with E-state index < -0.39 is 0 Å². The summed E-state index contributed by atoms with van der Waals surface area (Å²) in [4.78, 5) is 19.3. The molecule has 0 N–H and O–H groups in total. The number of hydrogen-bond acceptors (Lipinski definition) is 2. The lowest BCUT2D eigenvalue weighted by Gasteiger charge is -2.23. The Hall–Kier alpha value is -3.47. The van der Waals surface area contributed by atoms with Gasteiger partial charge in [-0.15, -0.1) is 0 Å². The predicted molar refractivity (Wildman–Crippen MR) is 110 cm³/mol. The molecule has 0 radical (unpaired) electrons. The number of carbonyl (C=O) groups is 1. The number of aromatic nitrogens is 2. The van der Waals surface area contributed by atoms with Crippen LogP contribution in [-0.4, -0.2) is 26.4 Å². The van der Waals surface area contributed by atoms with Crippen molar-refractivity contribution in [3.8, 4) is 5.69 Å².